The Balaban J connectivity index is 1.57. The van der Waals surface area contributed by atoms with Crippen molar-refractivity contribution in [2.24, 2.45) is 0 Å². The van der Waals surface area contributed by atoms with Crippen molar-refractivity contribution < 1.29 is 9.21 Å². The minimum Gasteiger partial charge on any atom is -0.429 e. The molecule has 1 aromatic carbocycles. The van der Waals surface area contributed by atoms with E-state index in [2.05, 4.69) is 10.3 Å². The molecule has 3 aromatic rings. The Labute approximate surface area is 136 Å². The van der Waals surface area contributed by atoms with Crippen molar-refractivity contribution in [2.45, 2.75) is 13.0 Å². The summed E-state index contributed by atoms with van der Waals surface area (Å²) in [5, 5.41) is 2.83. The van der Waals surface area contributed by atoms with Gasteiger partial charge in [-0.05, 0) is 42.9 Å². The Hall–Kier alpha value is -2.67. The number of aryl methyl sites for hydroxylation is 1. The monoisotopic (exact) mass is 329 g/mol. The number of carbonyl (C=O) groups is 1. The van der Waals surface area contributed by atoms with E-state index in [-0.39, 0.29) is 16.3 Å². The zero-order valence-electron chi connectivity index (χ0n) is 12.2. The third-order valence-corrected chi connectivity index (χ3v) is 3.63. The van der Waals surface area contributed by atoms with Crippen molar-refractivity contribution in [2.75, 3.05) is 6.54 Å². The van der Waals surface area contributed by atoms with Gasteiger partial charge in [-0.2, -0.15) is 0 Å². The Morgan fingerprint density at radius 1 is 1.30 bits per heavy atom. The van der Waals surface area contributed by atoms with Crippen LogP contribution in [0.2, 0.25) is 0 Å². The topological polar surface area (TPSA) is 80.0 Å². The zero-order valence-corrected chi connectivity index (χ0v) is 13.1. The number of carbonyl (C=O) groups excluding carboxylic acids is 1. The van der Waals surface area contributed by atoms with Crippen LogP contribution < -0.4 is 10.9 Å². The van der Waals surface area contributed by atoms with Gasteiger partial charge in [0.25, 0.3) is 10.7 Å². The average molecular weight is 329 g/mol. The summed E-state index contributed by atoms with van der Waals surface area (Å²) < 4.78 is 6.91. The summed E-state index contributed by atoms with van der Waals surface area (Å²) in [7, 11) is 0. The zero-order chi connectivity index (χ0) is 16.2. The second-order valence-corrected chi connectivity index (χ2v) is 5.44. The van der Waals surface area contributed by atoms with Gasteiger partial charge in [-0.3, -0.25) is 9.59 Å². The lowest BCUT2D eigenvalue weighted by atomic mass is 10.2. The van der Waals surface area contributed by atoms with E-state index in [0.29, 0.717) is 30.7 Å². The van der Waals surface area contributed by atoms with Crippen molar-refractivity contribution >= 4 is 29.2 Å². The molecule has 0 unspecified atom stereocenters. The van der Waals surface area contributed by atoms with Gasteiger partial charge in [0.15, 0.2) is 5.58 Å². The molecular formula is C16H15N3O3S. The summed E-state index contributed by atoms with van der Waals surface area (Å²) in [5.41, 5.74) is 1.78. The molecule has 2 heterocycles. The third-order valence-electron chi connectivity index (χ3n) is 3.44. The Morgan fingerprint density at radius 2 is 2.17 bits per heavy atom. The average Bonchev–Trinajstić information content (AvgIpc) is 2.92. The van der Waals surface area contributed by atoms with Crippen LogP contribution in [-0.2, 0) is 6.54 Å². The molecule has 7 heteroatoms. The van der Waals surface area contributed by atoms with Crippen LogP contribution in [0.4, 0.5) is 0 Å². The van der Waals surface area contributed by atoms with Crippen LogP contribution in [0.5, 0.6) is 0 Å². The molecule has 0 aliphatic heterocycles. The van der Waals surface area contributed by atoms with E-state index in [1.165, 1.54) is 6.07 Å². The lowest BCUT2D eigenvalue weighted by Gasteiger charge is -2.07. The number of aromatic nitrogens is 2. The van der Waals surface area contributed by atoms with E-state index in [9.17, 15) is 9.59 Å². The smallest absolute Gasteiger partial charge is 0.266 e. The van der Waals surface area contributed by atoms with Gasteiger partial charge in [0.2, 0.25) is 5.56 Å². The molecule has 0 aliphatic rings. The second kappa shape index (κ2) is 6.62. The van der Waals surface area contributed by atoms with Gasteiger partial charge in [0, 0.05) is 30.9 Å². The fraction of sp³-hybridized carbons (Fsp3) is 0.188. The van der Waals surface area contributed by atoms with Gasteiger partial charge in [-0.25, -0.2) is 0 Å². The molecule has 23 heavy (non-hydrogen) atoms. The summed E-state index contributed by atoms with van der Waals surface area (Å²) >= 11 is 4.91. The first-order chi connectivity index (χ1) is 11.1. The SMILES string of the molecule is O=C(NCCCn1ccccc1=O)c1ccc2[nH]c(=S)oc2c1. The summed E-state index contributed by atoms with van der Waals surface area (Å²) in [6.45, 7) is 1.04. The van der Waals surface area contributed by atoms with Crippen molar-refractivity contribution in [3.63, 3.8) is 0 Å². The minimum atomic E-state index is -0.186. The lowest BCUT2D eigenvalue weighted by molar-refractivity contribution is 0.0952. The highest BCUT2D eigenvalue weighted by Gasteiger charge is 2.08. The van der Waals surface area contributed by atoms with Crippen LogP contribution in [0, 0.1) is 4.84 Å². The maximum atomic E-state index is 12.1. The number of hydrogen-bond donors (Lipinski definition) is 2. The second-order valence-electron chi connectivity index (χ2n) is 5.07. The molecule has 2 aromatic heterocycles. The van der Waals surface area contributed by atoms with Crippen LogP contribution in [0.25, 0.3) is 11.1 Å². The molecular weight excluding hydrogens is 314 g/mol. The Kier molecular flexibility index (Phi) is 4.38. The highest BCUT2D eigenvalue weighted by atomic mass is 32.1. The van der Waals surface area contributed by atoms with Crippen LogP contribution in [0.3, 0.4) is 0 Å². The van der Waals surface area contributed by atoms with E-state index in [1.807, 2.05) is 6.07 Å². The molecule has 0 spiro atoms. The highest BCUT2D eigenvalue weighted by Crippen LogP contribution is 2.15. The molecule has 118 valence electrons. The Bertz CT molecular complexity index is 955. The molecule has 6 nitrogen and oxygen atoms in total. The summed E-state index contributed by atoms with van der Waals surface area (Å²) in [4.78, 5) is 26.8. The first-order valence-electron chi connectivity index (χ1n) is 7.20. The van der Waals surface area contributed by atoms with Crippen molar-refractivity contribution in [1.29, 1.82) is 0 Å². The van der Waals surface area contributed by atoms with E-state index >= 15 is 0 Å². The number of nitrogens with one attached hydrogen (secondary N) is 2. The first-order valence-corrected chi connectivity index (χ1v) is 7.61. The number of nitrogens with zero attached hydrogens (tertiary/aromatic N) is 1. The van der Waals surface area contributed by atoms with Crippen LogP contribution in [0.1, 0.15) is 16.8 Å². The summed E-state index contributed by atoms with van der Waals surface area (Å²) in [6.07, 6.45) is 2.40. The number of H-pyrrole nitrogens is 1. The van der Waals surface area contributed by atoms with Crippen LogP contribution in [-0.4, -0.2) is 22.0 Å². The highest BCUT2D eigenvalue weighted by molar-refractivity contribution is 7.71. The number of oxazole rings is 1. The first kappa shape index (κ1) is 15.2. The number of fused-ring (bicyclic) bond motifs is 1. The molecule has 0 radical (unpaired) electrons. The van der Waals surface area contributed by atoms with Gasteiger partial charge in [0.1, 0.15) is 0 Å². The maximum Gasteiger partial charge on any atom is 0.266 e. The Morgan fingerprint density at radius 3 is 3.00 bits per heavy atom. The van der Waals surface area contributed by atoms with Gasteiger partial charge >= 0.3 is 0 Å². The number of aromatic amines is 1. The molecule has 3 rings (SSSR count). The molecule has 0 bridgehead atoms. The molecule has 1 amide bonds. The van der Waals surface area contributed by atoms with Crippen molar-refractivity contribution in [3.8, 4) is 0 Å². The lowest BCUT2D eigenvalue weighted by Crippen LogP contribution is -2.26. The standard InChI is InChI=1S/C16H15N3O3S/c20-14-4-1-2-8-19(14)9-3-7-17-15(21)11-5-6-12-13(10-11)22-16(23)18-12/h1-2,4-6,8,10H,3,7,9H2,(H,17,21)(H,18,23). The predicted molar refractivity (Wildman–Crippen MR) is 89.1 cm³/mol. The van der Waals surface area contributed by atoms with Crippen LogP contribution in [0.15, 0.2) is 51.8 Å². The molecule has 0 aliphatic carbocycles. The van der Waals surface area contributed by atoms with Crippen LogP contribution >= 0.6 is 12.2 Å². The van der Waals surface area contributed by atoms with Gasteiger partial charge in [0.05, 0.1) is 5.52 Å². The maximum absolute atomic E-state index is 12.1. The van der Waals surface area contributed by atoms with Crippen molar-refractivity contribution in [1.82, 2.24) is 14.9 Å². The minimum absolute atomic E-state index is 0.0435. The largest absolute Gasteiger partial charge is 0.429 e. The normalized spacial score (nSPS) is 10.8. The molecule has 0 atom stereocenters. The fourth-order valence-corrected chi connectivity index (χ4v) is 2.49. The van der Waals surface area contributed by atoms with E-state index < -0.39 is 0 Å². The number of amides is 1. The number of hydrogen-bond acceptors (Lipinski definition) is 4. The van der Waals surface area contributed by atoms with Gasteiger partial charge in [-0.15, -0.1) is 0 Å². The van der Waals surface area contributed by atoms with E-state index in [0.717, 1.165) is 5.52 Å². The van der Waals surface area contributed by atoms with Gasteiger partial charge in [-0.1, -0.05) is 6.07 Å². The van der Waals surface area contributed by atoms with E-state index in [1.54, 1.807) is 35.0 Å². The quantitative estimate of drug-likeness (QED) is 0.557. The van der Waals surface area contributed by atoms with Gasteiger partial charge < -0.3 is 19.3 Å². The summed E-state index contributed by atoms with van der Waals surface area (Å²) in [5.74, 6) is -0.186. The van der Waals surface area contributed by atoms with Crippen molar-refractivity contribution in [3.05, 3.63) is 63.3 Å². The third kappa shape index (κ3) is 3.57. The fourth-order valence-electron chi connectivity index (χ4n) is 2.29. The number of rotatable bonds is 5. The molecule has 0 fully saturated rings. The summed E-state index contributed by atoms with van der Waals surface area (Å²) in [6, 6.07) is 10.1. The number of pyridine rings is 1. The molecule has 0 saturated heterocycles. The van der Waals surface area contributed by atoms with E-state index in [4.69, 9.17) is 16.6 Å². The number of benzene rings is 1. The molecule has 2 N–H and O–H groups in total. The molecule has 0 saturated carbocycles. The predicted octanol–water partition coefficient (Wildman–Crippen LogP) is 2.47.